The first-order valence-electron chi connectivity index (χ1n) is 6.49. The third-order valence-corrected chi connectivity index (χ3v) is 3.26. The van der Waals surface area contributed by atoms with Crippen molar-refractivity contribution in [3.05, 3.63) is 65.6 Å². The third kappa shape index (κ3) is 3.00. The molecule has 3 nitrogen and oxygen atoms in total. The number of halogens is 2. The van der Waals surface area contributed by atoms with Crippen LogP contribution in [-0.2, 0) is 0 Å². The van der Waals surface area contributed by atoms with Gasteiger partial charge >= 0.3 is 0 Å². The number of hydrogen-bond donors (Lipinski definition) is 1. The van der Waals surface area contributed by atoms with Crippen LogP contribution in [0.2, 0.25) is 0 Å². The predicted octanol–water partition coefficient (Wildman–Crippen LogP) is 4.72. The highest BCUT2D eigenvalue weighted by Gasteiger charge is 2.09. The minimum Gasteiger partial charge on any atom is -0.354 e. The summed E-state index contributed by atoms with van der Waals surface area (Å²) in [7, 11) is 0. The second-order valence-corrected chi connectivity index (χ2v) is 4.81. The maximum absolute atomic E-state index is 13.0. The van der Waals surface area contributed by atoms with Crippen molar-refractivity contribution in [2.75, 3.05) is 5.32 Å². The number of aromatic nitrogens is 1. The first-order chi connectivity index (χ1) is 10.2. The van der Waals surface area contributed by atoms with E-state index in [4.69, 9.17) is 0 Å². The molecule has 0 saturated carbocycles. The number of nitrogens with zero attached hydrogens (tertiary/aromatic N) is 2. The Morgan fingerprint density at radius 1 is 1.14 bits per heavy atom. The zero-order valence-electron chi connectivity index (χ0n) is 11.8. The summed E-state index contributed by atoms with van der Waals surface area (Å²) in [6.07, 6.45) is 1.55. The maximum Gasteiger partial charge on any atom is 0.123 e. The quantitative estimate of drug-likeness (QED) is 0.744. The molecule has 3 aromatic rings. The summed E-state index contributed by atoms with van der Waals surface area (Å²) < 4.78 is 13.0. The van der Waals surface area contributed by atoms with Gasteiger partial charge in [-0.25, -0.2) is 4.39 Å². The standard InChI is InChI=1S/C17H12FN3.ClH/c1-11-2-7-16-15(8-11)17(12(9-19)10-20-16)21-14-5-3-13(18)4-6-14;/h2-8,10H,1H3,(H,20,21);1H. The van der Waals surface area contributed by atoms with Crippen molar-refractivity contribution < 1.29 is 4.39 Å². The Kier molecular flexibility index (Phi) is 4.59. The molecule has 0 aliphatic carbocycles. The number of benzene rings is 2. The second-order valence-electron chi connectivity index (χ2n) is 4.81. The lowest BCUT2D eigenvalue weighted by molar-refractivity contribution is 0.628. The van der Waals surface area contributed by atoms with E-state index in [0.29, 0.717) is 11.3 Å². The van der Waals surface area contributed by atoms with Gasteiger partial charge in [0.2, 0.25) is 0 Å². The molecule has 0 radical (unpaired) electrons. The highest BCUT2D eigenvalue weighted by Crippen LogP contribution is 2.29. The lowest BCUT2D eigenvalue weighted by Gasteiger charge is -2.12. The fourth-order valence-corrected chi connectivity index (χ4v) is 2.20. The number of fused-ring (bicyclic) bond motifs is 1. The molecule has 0 aliphatic rings. The largest absolute Gasteiger partial charge is 0.354 e. The molecule has 0 amide bonds. The lowest BCUT2D eigenvalue weighted by atomic mass is 10.1. The predicted molar refractivity (Wildman–Crippen MR) is 88.1 cm³/mol. The van der Waals surface area contributed by atoms with Crippen molar-refractivity contribution in [1.82, 2.24) is 4.98 Å². The van der Waals surface area contributed by atoms with Gasteiger partial charge < -0.3 is 5.32 Å². The number of pyridine rings is 1. The van der Waals surface area contributed by atoms with Gasteiger partial charge in [-0.2, -0.15) is 5.26 Å². The molecule has 110 valence electrons. The topological polar surface area (TPSA) is 48.7 Å². The van der Waals surface area contributed by atoms with E-state index in [2.05, 4.69) is 16.4 Å². The fraction of sp³-hybridized carbons (Fsp3) is 0.0588. The molecule has 0 aliphatic heterocycles. The fourth-order valence-electron chi connectivity index (χ4n) is 2.20. The van der Waals surface area contributed by atoms with Gasteiger partial charge in [-0.1, -0.05) is 11.6 Å². The van der Waals surface area contributed by atoms with Crippen molar-refractivity contribution in [3.63, 3.8) is 0 Å². The number of nitrogens with one attached hydrogen (secondary N) is 1. The first-order valence-corrected chi connectivity index (χ1v) is 6.49. The van der Waals surface area contributed by atoms with Crippen molar-refractivity contribution in [2.45, 2.75) is 6.92 Å². The zero-order chi connectivity index (χ0) is 14.8. The molecule has 22 heavy (non-hydrogen) atoms. The van der Waals surface area contributed by atoms with Crippen LogP contribution in [0.3, 0.4) is 0 Å². The van der Waals surface area contributed by atoms with Gasteiger partial charge in [0.05, 0.1) is 16.8 Å². The summed E-state index contributed by atoms with van der Waals surface area (Å²) in [6.45, 7) is 1.99. The Hall–Kier alpha value is -2.64. The Morgan fingerprint density at radius 2 is 1.86 bits per heavy atom. The van der Waals surface area contributed by atoms with Gasteiger partial charge in [-0.05, 0) is 43.3 Å². The summed E-state index contributed by atoms with van der Waals surface area (Å²) in [6, 6.07) is 14.0. The minimum atomic E-state index is -0.295. The van der Waals surface area contributed by atoms with Gasteiger partial charge in [0.15, 0.2) is 0 Å². The van der Waals surface area contributed by atoms with E-state index in [1.54, 1.807) is 18.3 Å². The second kappa shape index (κ2) is 6.42. The van der Waals surface area contributed by atoms with E-state index in [1.807, 2.05) is 25.1 Å². The van der Waals surface area contributed by atoms with E-state index in [9.17, 15) is 9.65 Å². The van der Waals surface area contributed by atoms with Crippen molar-refractivity contribution in [3.8, 4) is 6.07 Å². The van der Waals surface area contributed by atoms with Gasteiger partial charge in [0.1, 0.15) is 11.9 Å². The summed E-state index contributed by atoms with van der Waals surface area (Å²) in [4.78, 5) is 4.29. The van der Waals surface area contributed by atoms with E-state index in [0.717, 1.165) is 22.2 Å². The van der Waals surface area contributed by atoms with Crippen LogP contribution in [0.5, 0.6) is 0 Å². The molecule has 1 aromatic heterocycles. The van der Waals surface area contributed by atoms with Crippen LogP contribution in [0.1, 0.15) is 11.1 Å². The summed E-state index contributed by atoms with van der Waals surface area (Å²) in [5, 5.41) is 13.3. The van der Waals surface area contributed by atoms with E-state index in [-0.39, 0.29) is 18.2 Å². The Morgan fingerprint density at radius 3 is 2.55 bits per heavy atom. The van der Waals surface area contributed by atoms with Gasteiger partial charge in [0, 0.05) is 17.3 Å². The smallest absolute Gasteiger partial charge is 0.123 e. The monoisotopic (exact) mass is 313 g/mol. The van der Waals surface area contributed by atoms with Crippen LogP contribution in [-0.4, -0.2) is 4.98 Å². The molecular weight excluding hydrogens is 301 g/mol. The number of hydrogen-bond acceptors (Lipinski definition) is 3. The molecule has 3 rings (SSSR count). The summed E-state index contributed by atoms with van der Waals surface area (Å²) >= 11 is 0. The minimum absolute atomic E-state index is 0. The van der Waals surface area contributed by atoms with Crippen molar-refractivity contribution in [2.24, 2.45) is 0 Å². The normalized spacial score (nSPS) is 9.86. The Labute approximate surface area is 133 Å². The van der Waals surface area contributed by atoms with Crippen molar-refractivity contribution in [1.29, 1.82) is 5.26 Å². The molecule has 0 spiro atoms. The van der Waals surface area contributed by atoms with E-state index < -0.39 is 0 Å². The van der Waals surface area contributed by atoms with E-state index in [1.165, 1.54) is 12.1 Å². The van der Waals surface area contributed by atoms with Crippen LogP contribution in [0.15, 0.2) is 48.7 Å². The average molecular weight is 314 g/mol. The molecule has 0 fully saturated rings. The van der Waals surface area contributed by atoms with Crippen LogP contribution in [0.25, 0.3) is 10.9 Å². The molecule has 0 unspecified atom stereocenters. The molecule has 0 bridgehead atoms. The lowest BCUT2D eigenvalue weighted by Crippen LogP contribution is -1.97. The Balaban J connectivity index is 0.00000176. The summed E-state index contributed by atoms with van der Waals surface area (Å²) in [5.74, 6) is -0.295. The maximum atomic E-state index is 13.0. The molecule has 1 N–H and O–H groups in total. The SMILES string of the molecule is Cc1ccc2ncc(C#N)c(Nc3ccc(F)cc3)c2c1.Cl. The molecular formula is C17H13ClFN3. The number of aryl methyl sites for hydroxylation is 1. The highest BCUT2D eigenvalue weighted by atomic mass is 35.5. The molecule has 0 saturated heterocycles. The van der Waals surface area contributed by atoms with Crippen LogP contribution in [0.4, 0.5) is 15.8 Å². The van der Waals surface area contributed by atoms with Crippen LogP contribution >= 0.6 is 12.4 Å². The molecule has 2 aromatic carbocycles. The van der Waals surface area contributed by atoms with Gasteiger partial charge in [-0.15, -0.1) is 12.4 Å². The van der Waals surface area contributed by atoms with Crippen molar-refractivity contribution >= 4 is 34.7 Å². The molecule has 1 heterocycles. The van der Waals surface area contributed by atoms with E-state index >= 15 is 0 Å². The van der Waals surface area contributed by atoms with Crippen LogP contribution in [0, 0.1) is 24.1 Å². The zero-order valence-corrected chi connectivity index (χ0v) is 12.6. The molecule has 0 atom stereocenters. The first kappa shape index (κ1) is 15.7. The highest BCUT2D eigenvalue weighted by molar-refractivity contribution is 5.96. The number of nitriles is 1. The number of rotatable bonds is 2. The average Bonchev–Trinajstić information content (AvgIpc) is 2.50. The van der Waals surface area contributed by atoms with Gasteiger partial charge in [0.25, 0.3) is 0 Å². The number of anilines is 2. The van der Waals surface area contributed by atoms with Gasteiger partial charge in [-0.3, -0.25) is 4.98 Å². The summed E-state index contributed by atoms with van der Waals surface area (Å²) in [5.41, 5.74) is 3.77. The Bertz CT molecular complexity index is 854. The molecule has 5 heteroatoms. The third-order valence-electron chi connectivity index (χ3n) is 3.26. The van der Waals surface area contributed by atoms with Crippen LogP contribution < -0.4 is 5.32 Å².